The summed E-state index contributed by atoms with van der Waals surface area (Å²) < 4.78 is 11.8. The standard InChI is InChI=1S/C28H34N2O3/c1-20-16-21(2)28(27(29)17-20)32-19-24(31)18-30-14-12-23(13-15-30)22-8-10-26(11-9-22)33-25-6-4-3-5-7-25/h3-11,16-17,23-24,31H,12-15,18-19,29H2,1-2H3. The fraction of sp³-hybridized carbons (Fsp3) is 0.357. The third-order valence-electron chi connectivity index (χ3n) is 6.25. The zero-order chi connectivity index (χ0) is 23.2. The van der Waals surface area contributed by atoms with Gasteiger partial charge < -0.3 is 25.2 Å². The van der Waals surface area contributed by atoms with Gasteiger partial charge in [-0.15, -0.1) is 0 Å². The maximum atomic E-state index is 10.5. The van der Waals surface area contributed by atoms with Gasteiger partial charge in [0.25, 0.3) is 0 Å². The second kappa shape index (κ2) is 10.7. The van der Waals surface area contributed by atoms with Crippen LogP contribution in [0.5, 0.6) is 17.2 Å². The highest BCUT2D eigenvalue weighted by molar-refractivity contribution is 5.58. The first-order chi connectivity index (χ1) is 16.0. The number of aryl methyl sites for hydroxylation is 2. The van der Waals surface area contributed by atoms with E-state index in [1.165, 1.54) is 5.56 Å². The van der Waals surface area contributed by atoms with E-state index >= 15 is 0 Å². The van der Waals surface area contributed by atoms with Crippen LogP contribution < -0.4 is 15.2 Å². The molecule has 0 radical (unpaired) electrons. The minimum atomic E-state index is -0.545. The number of β-amino-alcohol motifs (C(OH)–C–C–N with tert-alkyl or cyclic N) is 1. The molecule has 1 saturated heterocycles. The highest BCUT2D eigenvalue weighted by Crippen LogP contribution is 2.31. The summed E-state index contributed by atoms with van der Waals surface area (Å²) in [5.74, 6) is 2.92. The average Bonchev–Trinajstić information content (AvgIpc) is 2.80. The lowest BCUT2D eigenvalue weighted by Gasteiger charge is -2.33. The molecule has 3 aromatic rings. The topological polar surface area (TPSA) is 68.0 Å². The first-order valence-corrected chi connectivity index (χ1v) is 11.7. The second-order valence-electron chi connectivity index (χ2n) is 9.02. The number of likely N-dealkylation sites (tertiary alicyclic amines) is 1. The molecule has 4 rings (SSSR count). The molecule has 5 heteroatoms. The predicted molar refractivity (Wildman–Crippen MR) is 133 cm³/mol. The molecule has 1 unspecified atom stereocenters. The van der Waals surface area contributed by atoms with E-state index in [0.717, 1.165) is 48.6 Å². The van der Waals surface area contributed by atoms with Crippen molar-refractivity contribution in [2.24, 2.45) is 0 Å². The normalized spacial score (nSPS) is 15.8. The number of aliphatic hydroxyl groups excluding tert-OH is 1. The number of hydrogen-bond acceptors (Lipinski definition) is 5. The minimum Gasteiger partial charge on any atom is -0.488 e. The summed E-state index contributed by atoms with van der Waals surface area (Å²) in [6.45, 7) is 6.79. The molecule has 0 spiro atoms. The molecule has 0 bridgehead atoms. The fourth-order valence-corrected chi connectivity index (χ4v) is 4.60. The van der Waals surface area contributed by atoms with Crippen LogP contribution >= 0.6 is 0 Å². The number of benzene rings is 3. The van der Waals surface area contributed by atoms with Gasteiger partial charge in [0, 0.05) is 6.54 Å². The number of para-hydroxylation sites is 1. The molecule has 1 atom stereocenters. The summed E-state index contributed by atoms with van der Waals surface area (Å²) in [5.41, 5.74) is 10.2. The van der Waals surface area contributed by atoms with Crippen molar-refractivity contribution in [2.75, 3.05) is 32.0 Å². The number of nitrogen functional groups attached to an aromatic ring is 1. The van der Waals surface area contributed by atoms with E-state index in [1.807, 2.05) is 56.3 Å². The predicted octanol–water partition coefficient (Wildman–Crippen LogP) is 5.30. The maximum absolute atomic E-state index is 10.5. The van der Waals surface area contributed by atoms with Crippen LogP contribution in [-0.4, -0.2) is 42.4 Å². The number of anilines is 1. The van der Waals surface area contributed by atoms with E-state index in [1.54, 1.807) is 0 Å². The Morgan fingerprint density at radius 2 is 1.64 bits per heavy atom. The number of rotatable bonds is 8. The van der Waals surface area contributed by atoms with Gasteiger partial charge in [0.05, 0.1) is 5.69 Å². The minimum absolute atomic E-state index is 0.247. The van der Waals surface area contributed by atoms with Crippen LogP contribution in [0.25, 0.3) is 0 Å². The van der Waals surface area contributed by atoms with Gasteiger partial charge in [0.15, 0.2) is 0 Å². The van der Waals surface area contributed by atoms with Crippen LogP contribution in [0.1, 0.15) is 35.4 Å². The zero-order valence-electron chi connectivity index (χ0n) is 19.5. The number of hydrogen-bond donors (Lipinski definition) is 2. The quantitative estimate of drug-likeness (QED) is 0.460. The summed E-state index contributed by atoms with van der Waals surface area (Å²) >= 11 is 0. The van der Waals surface area contributed by atoms with Crippen LogP contribution in [0.4, 0.5) is 5.69 Å². The lowest BCUT2D eigenvalue weighted by atomic mass is 9.89. The number of piperidine rings is 1. The molecule has 0 aliphatic carbocycles. The van der Waals surface area contributed by atoms with Crippen molar-refractivity contribution in [3.63, 3.8) is 0 Å². The van der Waals surface area contributed by atoms with Gasteiger partial charge in [-0.1, -0.05) is 36.4 Å². The summed E-state index contributed by atoms with van der Waals surface area (Å²) in [7, 11) is 0. The van der Waals surface area contributed by atoms with Crippen molar-refractivity contribution >= 4 is 5.69 Å². The summed E-state index contributed by atoms with van der Waals surface area (Å²) in [6.07, 6.45) is 1.61. The lowest BCUT2D eigenvalue weighted by molar-refractivity contribution is 0.0595. The average molecular weight is 447 g/mol. The van der Waals surface area contributed by atoms with Crippen LogP contribution in [0, 0.1) is 13.8 Å². The number of nitrogens with zero attached hydrogens (tertiary/aromatic N) is 1. The van der Waals surface area contributed by atoms with Crippen molar-refractivity contribution in [1.29, 1.82) is 0 Å². The van der Waals surface area contributed by atoms with Gasteiger partial charge in [0.1, 0.15) is 30.0 Å². The molecule has 1 heterocycles. The van der Waals surface area contributed by atoms with Crippen LogP contribution in [0.2, 0.25) is 0 Å². The molecule has 0 amide bonds. The van der Waals surface area contributed by atoms with Gasteiger partial charge in [0.2, 0.25) is 0 Å². The van der Waals surface area contributed by atoms with Crippen molar-refractivity contribution in [3.8, 4) is 17.2 Å². The molecule has 0 saturated carbocycles. The number of ether oxygens (including phenoxy) is 2. The molecule has 174 valence electrons. The van der Waals surface area contributed by atoms with Gasteiger partial charge in [-0.2, -0.15) is 0 Å². The first kappa shape index (κ1) is 23.1. The molecular formula is C28H34N2O3. The molecule has 1 fully saturated rings. The van der Waals surface area contributed by atoms with Crippen LogP contribution in [0.3, 0.4) is 0 Å². The molecular weight excluding hydrogens is 412 g/mol. The Morgan fingerprint density at radius 1 is 0.970 bits per heavy atom. The van der Waals surface area contributed by atoms with Crippen molar-refractivity contribution in [3.05, 3.63) is 83.4 Å². The SMILES string of the molecule is Cc1cc(C)c(OCC(O)CN2CCC(c3ccc(Oc4ccccc4)cc3)CC2)c(N)c1. The molecule has 5 nitrogen and oxygen atoms in total. The summed E-state index contributed by atoms with van der Waals surface area (Å²) in [6, 6.07) is 22.2. The highest BCUT2D eigenvalue weighted by Gasteiger charge is 2.22. The Hall–Kier alpha value is -3.02. The van der Waals surface area contributed by atoms with E-state index in [9.17, 15) is 5.11 Å². The largest absolute Gasteiger partial charge is 0.488 e. The third kappa shape index (κ3) is 6.28. The van der Waals surface area contributed by atoms with E-state index in [0.29, 0.717) is 23.9 Å². The Balaban J connectivity index is 1.22. The maximum Gasteiger partial charge on any atom is 0.145 e. The van der Waals surface area contributed by atoms with Crippen molar-refractivity contribution in [2.45, 2.75) is 38.7 Å². The van der Waals surface area contributed by atoms with Crippen LogP contribution in [-0.2, 0) is 0 Å². The molecule has 3 N–H and O–H groups in total. The first-order valence-electron chi connectivity index (χ1n) is 11.7. The summed E-state index contributed by atoms with van der Waals surface area (Å²) in [5, 5.41) is 10.5. The number of nitrogens with two attached hydrogens (primary N) is 1. The molecule has 3 aromatic carbocycles. The molecule has 1 aliphatic heterocycles. The van der Waals surface area contributed by atoms with Gasteiger partial charge in [-0.05, 0) is 92.7 Å². The van der Waals surface area contributed by atoms with E-state index in [4.69, 9.17) is 15.2 Å². The monoisotopic (exact) mass is 446 g/mol. The highest BCUT2D eigenvalue weighted by atomic mass is 16.5. The van der Waals surface area contributed by atoms with Crippen molar-refractivity contribution < 1.29 is 14.6 Å². The van der Waals surface area contributed by atoms with E-state index < -0.39 is 6.10 Å². The third-order valence-corrected chi connectivity index (χ3v) is 6.25. The summed E-state index contributed by atoms with van der Waals surface area (Å²) in [4.78, 5) is 2.32. The van der Waals surface area contributed by atoms with E-state index in [2.05, 4.69) is 29.2 Å². The fourth-order valence-electron chi connectivity index (χ4n) is 4.60. The second-order valence-corrected chi connectivity index (χ2v) is 9.02. The Kier molecular flexibility index (Phi) is 7.53. The van der Waals surface area contributed by atoms with Gasteiger partial charge in [-0.3, -0.25) is 0 Å². The zero-order valence-corrected chi connectivity index (χ0v) is 19.5. The smallest absolute Gasteiger partial charge is 0.145 e. The lowest BCUT2D eigenvalue weighted by Crippen LogP contribution is -2.40. The Labute approximate surface area is 196 Å². The molecule has 33 heavy (non-hydrogen) atoms. The van der Waals surface area contributed by atoms with Crippen LogP contribution in [0.15, 0.2) is 66.7 Å². The van der Waals surface area contributed by atoms with E-state index in [-0.39, 0.29) is 6.61 Å². The Morgan fingerprint density at radius 3 is 2.30 bits per heavy atom. The van der Waals surface area contributed by atoms with Gasteiger partial charge in [-0.25, -0.2) is 0 Å². The molecule has 1 aliphatic rings. The molecule has 0 aromatic heterocycles. The Bertz CT molecular complexity index is 1010. The van der Waals surface area contributed by atoms with Crippen molar-refractivity contribution in [1.82, 2.24) is 4.90 Å². The number of aliphatic hydroxyl groups is 1. The van der Waals surface area contributed by atoms with Gasteiger partial charge >= 0.3 is 0 Å².